The van der Waals surface area contributed by atoms with Crippen LogP contribution < -0.4 is 10.2 Å². The maximum Gasteiger partial charge on any atom is 0.272 e. The fraction of sp³-hybridized carbons (Fsp3) is 0.400. The van der Waals surface area contributed by atoms with E-state index in [4.69, 9.17) is 0 Å². The Kier molecular flexibility index (Phi) is 6.47. The number of piperazine rings is 1. The average Bonchev–Trinajstić information content (AvgIpc) is 3.51. The summed E-state index contributed by atoms with van der Waals surface area (Å²) in [6.45, 7) is 3.45. The number of aryl methyl sites for hydroxylation is 1. The van der Waals surface area contributed by atoms with Crippen LogP contribution in [0.3, 0.4) is 0 Å². The zero-order valence-corrected chi connectivity index (χ0v) is 20.0. The number of fused-ring (bicyclic) bond motifs is 1. The van der Waals surface area contributed by atoms with E-state index in [-0.39, 0.29) is 24.2 Å². The summed E-state index contributed by atoms with van der Waals surface area (Å²) in [6, 6.07) is 10.7. The maximum absolute atomic E-state index is 13.9. The number of amides is 2. The lowest BCUT2D eigenvalue weighted by Crippen LogP contribution is -3.18. The number of benzene rings is 1. The summed E-state index contributed by atoms with van der Waals surface area (Å²) in [5.41, 5.74) is 3.02. The van der Waals surface area contributed by atoms with Gasteiger partial charge in [-0.05, 0) is 23.9 Å². The molecular formula is C25H29FN5O2S+. The van der Waals surface area contributed by atoms with Crippen LogP contribution in [0, 0.1) is 5.82 Å². The minimum atomic E-state index is -0.328. The Morgan fingerprint density at radius 3 is 2.74 bits per heavy atom. The molecule has 1 aliphatic heterocycles. The van der Waals surface area contributed by atoms with Gasteiger partial charge in [-0.1, -0.05) is 24.3 Å². The molecule has 1 aliphatic carbocycles. The highest BCUT2D eigenvalue weighted by molar-refractivity contribution is 7.12. The van der Waals surface area contributed by atoms with Crippen LogP contribution in [0.5, 0.6) is 0 Å². The van der Waals surface area contributed by atoms with E-state index in [0.717, 1.165) is 61.6 Å². The van der Waals surface area contributed by atoms with Crippen LogP contribution in [0.25, 0.3) is 0 Å². The van der Waals surface area contributed by atoms with E-state index >= 15 is 0 Å². The van der Waals surface area contributed by atoms with E-state index < -0.39 is 0 Å². The monoisotopic (exact) mass is 482 g/mol. The molecule has 1 unspecified atom stereocenters. The van der Waals surface area contributed by atoms with Crippen LogP contribution in [0.2, 0.25) is 0 Å². The molecule has 1 atom stereocenters. The number of rotatable bonds is 5. The first-order valence-electron chi connectivity index (χ1n) is 11.7. The average molecular weight is 483 g/mol. The minimum absolute atomic E-state index is 0.126. The molecule has 3 heterocycles. The van der Waals surface area contributed by atoms with E-state index in [0.29, 0.717) is 17.3 Å². The molecule has 1 saturated heterocycles. The molecule has 0 saturated carbocycles. The van der Waals surface area contributed by atoms with Crippen molar-refractivity contribution in [2.75, 3.05) is 26.2 Å². The molecule has 34 heavy (non-hydrogen) atoms. The normalized spacial score (nSPS) is 18.5. The molecular weight excluding hydrogens is 453 g/mol. The number of hydrogen-bond donors (Lipinski definition) is 2. The number of nitrogens with one attached hydrogen (secondary N) is 2. The van der Waals surface area contributed by atoms with Crippen LogP contribution in [-0.2, 0) is 26.4 Å². The molecule has 0 radical (unpaired) electrons. The Hall–Kier alpha value is -3.04. The number of aromatic nitrogens is 2. The lowest BCUT2D eigenvalue weighted by atomic mass is 9.89. The van der Waals surface area contributed by atoms with Gasteiger partial charge in [0.25, 0.3) is 11.8 Å². The van der Waals surface area contributed by atoms with Gasteiger partial charge in [-0.2, -0.15) is 5.10 Å². The molecule has 7 nitrogen and oxygen atoms in total. The fourth-order valence-corrected chi connectivity index (χ4v) is 5.87. The maximum atomic E-state index is 13.9. The number of carbonyl (C=O) groups excluding carboxylic acids is 2. The van der Waals surface area contributed by atoms with E-state index in [2.05, 4.69) is 10.4 Å². The zero-order valence-electron chi connectivity index (χ0n) is 19.2. The summed E-state index contributed by atoms with van der Waals surface area (Å²) in [4.78, 5) is 29.9. The van der Waals surface area contributed by atoms with Gasteiger partial charge in [0.1, 0.15) is 5.82 Å². The van der Waals surface area contributed by atoms with Crippen molar-refractivity contribution < 1.29 is 18.9 Å². The highest BCUT2D eigenvalue weighted by Crippen LogP contribution is 2.24. The second-order valence-corrected chi connectivity index (χ2v) is 9.99. The van der Waals surface area contributed by atoms with Crippen molar-refractivity contribution in [3.05, 3.63) is 75.0 Å². The van der Waals surface area contributed by atoms with E-state index in [1.54, 1.807) is 18.2 Å². The van der Waals surface area contributed by atoms with Crippen molar-refractivity contribution >= 4 is 23.2 Å². The lowest BCUT2D eigenvalue weighted by molar-refractivity contribution is -0.929. The lowest BCUT2D eigenvalue weighted by Gasteiger charge is -2.38. The second kappa shape index (κ2) is 9.68. The van der Waals surface area contributed by atoms with Crippen molar-refractivity contribution in [3.63, 3.8) is 0 Å². The van der Waals surface area contributed by atoms with E-state index in [1.165, 1.54) is 22.3 Å². The molecule has 1 aromatic carbocycles. The SMILES string of the molecule is Cn1nc(C(=O)NCc2ccccc2F)c2c1CCC([NH+]1CCN(C(=O)c3cccs3)CC1)C2. The van der Waals surface area contributed by atoms with Gasteiger partial charge in [0.2, 0.25) is 0 Å². The summed E-state index contributed by atoms with van der Waals surface area (Å²) in [7, 11) is 1.88. The van der Waals surface area contributed by atoms with Gasteiger partial charge in [0.05, 0.1) is 37.1 Å². The van der Waals surface area contributed by atoms with Gasteiger partial charge in [-0.15, -0.1) is 11.3 Å². The molecule has 1 fully saturated rings. The number of halogens is 1. The van der Waals surface area contributed by atoms with Crippen LogP contribution in [0.1, 0.15) is 43.4 Å². The van der Waals surface area contributed by atoms with Gasteiger partial charge in [0, 0.05) is 43.3 Å². The number of carbonyl (C=O) groups is 2. The molecule has 2 amide bonds. The van der Waals surface area contributed by atoms with Gasteiger partial charge in [-0.25, -0.2) is 4.39 Å². The predicted octanol–water partition coefficient (Wildman–Crippen LogP) is 1.45. The van der Waals surface area contributed by atoms with E-state index in [9.17, 15) is 14.0 Å². The third kappa shape index (κ3) is 4.50. The van der Waals surface area contributed by atoms with Gasteiger partial charge in [-0.3, -0.25) is 14.3 Å². The van der Waals surface area contributed by atoms with E-state index in [1.807, 2.05) is 34.1 Å². The third-order valence-electron chi connectivity index (χ3n) is 7.07. The largest absolute Gasteiger partial charge is 0.346 e. The Morgan fingerprint density at radius 1 is 1.21 bits per heavy atom. The smallest absolute Gasteiger partial charge is 0.272 e. The van der Waals surface area contributed by atoms with Crippen LogP contribution >= 0.6 is 11.3 Å². The summed E-state index contributed by atoms with van der Waals surface area (Å²) < 4.78 is 15.8. The summed E-state index contributed by atoms with van der Waals surface area (Å²) in [5, 5.41) is 9.30. The quantitative estimate of drug-likeness (QED) is 0.578. The summed E-state index contributed by atoms with van der Waals surface area (Å²) in [5.74, 6) is -0.464. The number of hydrogen-bond acceptors (Lipinski definition) is 4. The second-order valence-electron chi connectivity index (χ2n) is 9.04. The highest BCUT2D eigenvalue weighted by atomic mass is 32.1. The molecule has 0 bridgehead atoms. The first kappa shape index (κ1) is 22.7. The Labute approximate surface area is 202 Å². The molecule has 2 aromatic heterocycles. The molecule has 2 N–H and O–H groups in total. The van der Waals surface area contributed by atoms with Gasteiger partial charge < -0.3 is 15.1 Å². The van der Waals surface area contributed by atoms with Gasteiger partial charge >= 0.3 is 0 Å². The highest BCUT2D eigenvalue weighted by Gasteiger charge is 2.35. The van der Waals surface area contributed by atoms with Crippen LogP contribution in [0.4, 0.5) is 4.39 Å². The number of thiophene rings is 1. The van der Waals surface area contributed by atoms with Crippen LogP contribution in [-0.4, -0.2) is 58.7 Å². The Morgan fingerprint density at radius 2 is 2.00 bits per heavy atom. The van der Waals surface area contributed by atoms with Crippen molar-refractivity contribution in [3.8, 4) is 0 Å². The zero-order chi connectivity index (χ0) is 23.7. The summed E-state index contributed by atoms with van der Waals surface area (Å²) in [6.07, 6.45) is 2.71. The topological polar surface area (TPSA) is 71.7 Å². The predicted molar refractivity (Wildman–Crippen MR) is 128 cm³/mol. The Bertz CT molecular complexity index is 1180. The third-order valence-corrected chi connectivity index (χ3v) is 7.93. The van der Waals surface area contributed by atoms with Gasteiger partial charge in [0.15, 0.2) is 5.69 Å². The van der Waals surface area contributed by atoms with Crippen molar-refractivity contribution in [2.24, 2.45) is 7.05 Å². The fourth-order valence-electron chi connectivity index (χ4n) is 5.18. The first-order chi connectivity index (χ1) is 16.5. The first-order valence-corrected chi connectivity index (χ1v) is 12.6. The molecule has 2 aliphatic rings. The Balaban J connectivity index is 1.23. The van der Waals surface area contributed by atoms with Crippen LogP contribution in [0.15, 0.2) is 41.8 Å². The number of quaternary nitrogens is 1. The standard InChI is InChI=1S/C25H28FN5O2S/c1-29-21-9-8-18(30-10-12-31(13-11-30)25(33)22-7-4-14-34-22)15-19(21)23(28-29)24(32)27-16-17-5-2-3-6-20(17)26/h2-7,14,18H,8-13,15-16H2,1H3,(H,27,32)/p+1. The molecule has 9 heteroatoms. The summed E-state index contributed by atoms with van der Waals surface area (Å²) >= 11 is 1.49. The molecule has 0 spiro atoms. The van der Waals surface area contributed by atoms with Crippen molar-refractivity contribution in [1.29, 1.82) is 0 Å². The number of nitrogens with zero attached hydrogens (tertiary/aromatic N) is 3. The van der Waals surface area contributed by atoms with Crippen molar-refractivity contribution in [1.82, 2.24) is 20.0 Å². The minimum Gasteiger partial charge on any atom is -0.346 e. The molecule has 178 valence electrons. The molecule has 3 aromatic rings. The van der Waals surface area contributed by atoms with Crippen molar-refractivity contribution in [2.45, 2.75) is 31.8 Å². The molecule has 5 rings (SSSR count).